The average molecular weight is 461 g/mol. The minimum Gasteiger partial charge on any atom is -0.493 e. The molecule has 10 heteroatoms. The van der Waals surface area contributed by atoms with Crippen molar-refractivity contribution in [2.45, 2.75) is 25.4 Å². The van der Waals surface area contributed by atoms with E-state index in [1.165, 1.54) is 4.90 Å². The number of fused-ring (bicyclic) bond motifs is 3. The second kappa shape index (κ2) is 8.29. The summed E-state index contributed by atoms with van der Waals surface area (Å²) in [5.41, 5.74) is -0.425. The zero-order chi connectivity index (χ0) is 23.9. The van der Waals surface area contributed by atoms with E-state index in [4.69, 9.17) is 4.74 Å². The minimum absolute atomic E-state index is 0.0425. The van der Waals surface area contributed by atoms with Crippen molar-refractivity contribution < 1.29 is 19.1 Å². The number of para-hydroxylation sites is 2. The van der Waals surface area contributed by atoms with Gasteiger partial charge in [-0.05, 0) is 25.1 Å². The molecule has 2 aliphatic rings. The quantitative estimate of drug-likeness (QED) is 0.555. The van der Waals surface area contributed by atoms with E-state index in [1.807, 2.05) is 0 Å². The molecule has 174 valence electrons. The maximum atomic E-state index is 13.4. The first kappa shape index (κ1) is 21.6. The highest BCUT2D eigenvalue weighted by molar-refractivity contribution is 6.09. The molecule has 34 heavy (non-hydrogen) atoms. The zero-order valence-electron chi connectivity index (χ0n) is 18.5. The number of carbonyl (C=O) groups is 3. The van der Waals surface area contributed by atoms with Gasteiger partial charge in [0.15, 0.2) is 5.54 Å². The smallest absolute Gasteiger partial charge is 0.325 e. The number of amides is 4. The molecule has 0 bridgehead atoms. The van der Waals surface area contributed by atoms with Crippen molar-refractivity contribution in [3.05, 3.63) is 70.3 Å². The van der Waals surface area contributed by atoms with Gasteiger partial charge in [-0.3, -0.25) is 19.3 Å². The summed E-state index contributed by atoms with van der Waals surface area (Å²) in [6, 6.07) is 13.4. The highest BCUT2D eigenvalue weighted by Gasteiger charge is 2.55. The molecule has 1 atom stereocenters. The van der Waals surface area contributed by atoms with Gasteiger partial charge in [-0.1, -0.05) is 30.3 Å². The van der Waals surface area contributed by atoms with Gasteiger partial charge in [-0.2, -0.15) is 0 Å². The van der Waals surface area contributed by atoms with Crippen molar-refractivity contribution >= 4 is 28.7 Å². The Hall–Kier alpha value is -4.21. The van der Waals surface area contributed by atoms with E-state index in [0.29, 0.717) is 34.6 Å². The summed E-state index contributed by atoms with van der Waals surface area (Å²) in [7, 11) is 0. The lowest BCUT2D eigenvalue weighted by atomic mass is 9.84. The number of ether oxygens (including phenoxy) is 1. The van der Waals surface area contributed by atoms with Gasteiger partial charge in [0.1, 0.15) is 18.1 Å². The lowest BCUT2D eigenvalue weighted by Crippen LogP contribution is -2.48. The van der Waals surface area contributed by atoms with Crippen LogP contribution in [0.4, 0.5) is 4.79 Å². The molecule has 0 saturated carbocycles. The number of urea groups is 1. The Morgan fingerprint density at radius 3 is 2.74 bits per heavy atom. The van der Waals surface area contributed by atoms with Gasteiger partial charge in [-0.25, -0.2) is 9.78 Å². The molecule has 1 aromatic heterocycles. The summed E-state index contributed by atoms with van der Waals surface area (Å²) in [6.07, 6.45) is 0.277. The van der Waals surface area contributed by atoms with Crippen molar-refractivity contribution in [2.75, 3.05) is 19.7 Å². The SMILES string of the molecule is CCN(Cc1nc2ccccc2c(=O)[nH]1)C(=O)CN1C(=O)N[C@@]2(CCOc3ccccc32)C1=O. The van der Waals surface area contributed by atoms with Gasteiger partial charge in [-0.15, -0.1) is 0 Å². The molecular formula is C24H23N5O5. The first-order valence-electron chi connectivity index (χ1n) is 11.0. The molecule has 0 unspecified atom stereocenters. The first-order valence-corrected chi connectivity index (χ1v) is 11.0. The van der Waals surface area contributed by atoms with E-state index in [-0.39, 0.29) is 25.1 Å². The molecule has 4 amide bonds. The largest absolute Gasteiger partial charge is 0.493 e. The number of rotatable bonds is 5. The molecule has 0 radical (unpaired) electrons. The average Bonchev–Trinajstić information content (AvgIpc) is 3.07. The van der Waals surface area contributed by atoms with E-state index in [2.05, 4.69) is 15.3 Å². The fraction of sp³-hybridized carbons (Fsp3) is 0.292. The predicted molar refractivity (Wildman–Crippen MR) is 122 cm³/mol. The summed E-state index contributed by atoms with van der Waals surface area (Å²) < 4.78 is 5.64. The lowest BCUT2D eigenvalue weighted by Gasteiger charge is -2.33. The number of nitrogens with zero attached hydrogens (tertiary/aromatic N) is 3. The Labute approximate surface area is 194 Å². The highest BCUT2D eigenvalue weighted by Crippen LogP contribution is 2.40. The molecule has 1 fully saturated rings. The van der Waals surface area contributed by atoms with Gasteiger partial charge in [0.2, 0.25) is 5.91 Å². The van der Waals surface area contributed by atoms with Gasteiger partial charge in [0.05, 0.1) is 24.1 Å². The van der Waals surface area contributed by atoms with Crippen LogP contribution in [0.3, 0.4) is 0 Å². The maximum Gasteiger partial charge on any atom is 0.325 e. The fourth-order valence-corrected chi connectivity index (χ4v) is 4.52. The van der Waals surface area contributed by atoms with Crippen LogP contribution < -0.4 is 15.6 Å². The zero-order valence-corrected chi connectivity index (χ0v) is 18.5. The highest BCUT2D eigenvalue weighted by atomic mass is 16.5. The maximum absolute atomic E-state index is 13.4. The van der Waals surface area contributed by atoms with E-state index >= 15 is 0 Å². The molecule has 2 aliphatic heterocycles. The van der Waals surface area contributed by atoms with E-state index in [1.54, 1.807) is 55.5 Å². The molecule has 3 aromatic rings. The fourth-order valence-electron chi connectivity index (χ4n) is 4.52. The molecule has 10 nitrogen and oxygen atoms in total. The molecular weight excluding hydrogens is 438 g/mol. The van der Waals surface area contributed by atoms with Crippen LogP contribution in [0.2, 0.25) is 0 Å². The summed E-state index contributed by atoms with van der Waals surface area (Å²) >= 11 is 0. The van der Waals surface area contributed by atoms with Crippen LogP contribution >= 0.6 is 0 Å². The van der Waals surface area contributed by atoms with Crippen molar-refractivity contribution in [3.63, 3.8) is 0 Å². The Kier molecular flexibility index (Phi) is 5.27. The van der Waals surface area contributed by atoms with Crippen LogP contribution in [0, 0.1) is 0 Å². The number of likely N-dealkylation sites (N-methyl/N-ethyl adjacent to an activating group) is 1. The number of nitrogens with one attached hydrogen (secondary N) is 2. The number of aromatic nitrogens is 2. The molecule has 2 N–H and O–H groups in total. The van der Waals surface area contributed by atoms with Gasteiger partial charge < -0.3 is 19.9 Å². The number of imide groups is 1. The Morgan fingerprint density at radius 1 is 1.15 bits per heavy atom. The summed E-state index contributed by atoms with van der Waals surface area (Å²) in [4.78, 5) is 61.2. The van der Waals surface area contributed by atoms with Crippen LogP contribution in [0.15, 0.2) is 53.3 Å². The van der Waals surface area contributed by atoms with Crippen molar-refractivity contribution in [1.29, 1.82) is 0 Å². The Morgan fingerprint density at radius 2 is 1.91 bits per heavy atom. The van der Waals surface area contributed by atoms with Crippen LogP contribution in [0.25, 0.3) is 10.9 Å². The lowest BCUT2D eigenvalue weighted by molar-refractivity contribution is -0.140. The molecule has 1 spiro atoms. The summed E-state index contributed by atoms with van der Waals surface area (Å²) in [5.74, 6) is -0.0443. The minimum atomic E-state index is -1.24. The Bertz CT molecular complexity index is 1370. The number of hydrogen-bond donors (Lipinski definition) is 2. The summed E-state index contributed by atoms with van der Waals surface area (Å²) in [6.45, 7) is 1.98. The third-order valence-electron chi connectivity index (χ3n) is 6.29. The second-order valence-electron chi connectivity index (χ2n) is 8.26. The predicted octanol–water partition coefficient (Wildman–Crippen LogP) is 1.50. The first-order chi connectivity index (χ1) is 16.4. The Balaban J connectivity index is 1.36. The number of carbonyl (C=O) groups excluding carboxylic acids is 3. The molecule has 5 rings (SSSR count). The number of H-pyrrole nitrogens is 1. The van der Waals surface area contributed by atoms with Gasteiger partial charge >= 0.3 is 6.03 Å². The number of aromatic amines is 1. The normalized spacial score (nSPS) is 19.1. The number of hydrogen-bond acceptors (Lipinski definition) is 6. The van der Waals surface area contributed by atoms with E-state index in [9.17, 15) is 19.2 Å². The molecule has 0 aliphatic carbocycles. The third-order valence-corrected chi connectivity index (χ3v) is 6.29. The van der Waals surface area contributed by atoms with Crippen LogP contribution in [-0.2, 0) is 21.7 Å². The van der Waals surface area contributed by atoms with Gasteiger partial charge in [0.25, 0.3) is 11.5 Å². The molecule has 2 aromatic carbocycles. The van der Waals surface area contributed by atoms with E-state index in [0.717, 1.165) is 4.90 Å². The van der Waals surface area contributed by atoms with E-state index < -0.39 is 29.9 Å². The van der Waals surface area contributed by atoms with Crippen molar-refractivity contribution in [1.82, 2.24) is 25.1 Å². The molecule has 1 saturated heterocycles. The third kappa shape index (κ3) is 3.47. The van der Waals surface area contributed by atoms with Crippen molar-refractivity contribution in [2.24, 2.45) is 0 Å². The van der Waals surface area contributed by atoms with Crippen molar-refractivity contribution in [3.8, 4) is 5.75 Å². The standard InChI is InChI=1S/C24H23N5O5/c1-2-28(13-19-25-17-9-5-3-7-15(17)21(31)26-19)20(30)14-29-22(32)24(27-23(29)33)11-12-34-18-10-6-4-8-16(18)24/h3-10H,2,11-14H2,1H3,(H,27,33)(H,25,26,31)/t24-/m1/s1. The second-order valence-corrected chi connectivity index (χ2v) is 8.26. The topological polar surface area (TPSA) is 125 Å². The summed E-state index contributed by atoms with van der Waals surface area (Å²) in [5, 5.41) is 3.25. The monoisotopic (exact) mass is 461 g/mol. The van der Waals surface area contributed by atoms with Gasteiger partial charge in [0, 0.05) is 18.5 Å². The van der Waals surface area contributed by atoms with Crippen LogP contribution in [0.1, 0.15) is 24.7 Å². The van der Waals surface area contributed by atoms with Crippen LogP contribution in [0.5, 0.6) is 5.75 Å². The number of benzene rings is 2. The molecule has 3 heterocycles. The van der Waals surface area contributed by atoms with Crippen LogP contribution in [-0.4, -0.2) is 57.3 Å².